The Morgan fingerprint density at radius 2 is 1.72 bits per heavy atom. The van der Waals surface area contributed by atoms with Crippen LogP contribution in [0.15, 0.2) is 47.4 Å². The molecule has 1 N–H and O–H groups in total. The maximum Gasteiger partial charge on any atom is 0.433 e. The summed E-state index contributed by atoms with van der Waals surface area (Å²) in [5, 5.41) is 11.4. The molecular formula is C23H20F5NO2S. The smallest absolute Gasteiger partial charge is 0.433 e. The van der Waals surface area contributed by atoms with E-state index in [1.165, 1.54) is 0 Å². The molecule has 0 unspecified atom stereocenters. The van der Waals surface area contributed by atoms with Gasteiger partial charge in [0, 0.05) is 10.6 Å². The van der Waals surface area contributed by atoms with Crippen LogP contribution in [-0.4, -0.2) is 16.1 Å². The Bertz CT molecular complexity index is 1150. The third-order valence-corrected chi connectivity index (χ3v) is 5.87. The maximum atomic E-state index is 13.8. The average Bonchev–Trinajstić information content (AvgIpc) is 2.70. The summed E-state index contributed by atoms with van der Waals surface area (Å²) in [4.78, 5) is 15.6. The van der Waals surface area contributed by atoms with E-state index in [1.807, 2.05) is 36.4 Å². The van der Waals surface area contributed by atoms with Crippen molar-refractivity contribution in [2.75, 3.05) is 0 Å². The van der Waals surface area contributed by atoms with Gasteiger partial charge in [-0.15, -0.1) is 11.8 Å². The molecule has 0 atom stereocenters. The van der Waals surface area contributed by atoms with E-state index in [1.54, 1.807) is 19.9 Å². The Balaban J connectivity index is 2.15. The monoisotopic (exact) mass is 469 g/mol. The van der Waals surface area contributed by atoms with Crippen molar-refractivity contribution in [3.05, 3.63) is 70.5 Å². The van der Waals surface area contributed by atoms with Gasteiger partial charge >= 0.3 is 12.1 Å². The van der Waals surface area contributed by atoms with Gasteiger partial charge in [0.05, 0.1) is 5.56 Å². The van der Waals surface area contributed by atoms with E-state index in [0.717, 1.165) is 22.5 Å². The van der Waals surface area contributed by atoms with Crippen molar-refractivity contribution in [1.82, 2.24) is 4.98 Å². The van der Waals surface area contributed by atoms with Crippen LogP contribution in [-0.2, 0) is 18.3 Å². The Kier molecular flexibility index (Phi) is 7.07. The third kappa shape index (κ3) is 5.20. The second-order valence-electron chi connectivity index (χ2n) is 7.68. The van der Waals surface area contributed by atoms with Crippen molar-refractivity contribution >= 4 is 28.5 Å². The summed E-state index contributed by atoms with van der Waals surface area (Å²) in [7, 11) is 0. The zero-order valence-corrected chi connectivity index (χ0v) is 18.0. The highest BCUT2D eigenvalue weighted by atomic mass is 32.2. The number of rotatable bonds is 7. The fourth-order valence-corrected chi connectivity index (χ4v) is 4.52. The first-order valence-corrected chi connectivity index (χ1v) is 10.7. The molecule has 3 nitrogen and oxygen atoms in total. The van der Waals surface area contributed by atoms with Crippen LogP contribution in [0, 0.1) is 5.92 Å². The van der Waals surface area contributed by atoms with Crippen LogP contribution in [0.4, 0.5) is 22.0 Å². The molecular weight excluding hydrogens is 449 g/mol. The molecule has 0 amide bonds. The predicted molar refractivity (Wildman–Crippen MR) is 113 cm³/mol. The number of fused-ring (bicyclic) bond motifs is 1. The molecule has 0 aliphatic heterocycles. The van der Waals surface area contributed by atoms with Crippen LogP contribution >= 0.6 is 11.8 Å². The van der Waals surface area contributed by atoms with Crippen LogP contribution in [0.1, 0.15) is 53.1 Å². The van der Waals surface area contributed by atoms with Gasteiger partial charge in [0.25, 0.3) is 6.43 Å². The van der Waals surface area contributed by atoms with E-state index < -0.39 is 35.5 Å². The molecule has 0 bridgehead atoms. The number of pyridine rings is 1. The van der Waals surface area contributed by atoms with E-state index >= 15 is 0 Å². The molecule has 2 aromatic carbocycles. The van der Waals surface area contributed by atoms with Crippen LogP contribution in [0.5, 0.6) is 0 Å². The van der Waals surface area contributed by atoms with Crippen molar-refractivity contribution in [3.63, 3.8) is 0 Å². The van der Waals surface area contributed by atoms with Crippen LogP contribution < -0.4 is 0 Å². The highest BCUT2D eigenvalue weighted by Gasteiger charge is 2.40. The topological polar surface area (TPSA) is 50.2 Å². The van der Waals surface area contributed by atoms with Crippen molar-refractivity contribution in [3.8, 4) is 0 Å². The van der Waals surface area contributed by atoms with Gasteiger partial charge in [-0.1, -0.05) is 44.2 Å². The van der Waals surface area contributed by atoms with Gasteiger partial charge in [-0.2, -0.15) is 13.2 Å². The molecule has 0 saturated heterocycles. The first-order valence-electron chi connectivity index (χ1n) is 9.75. The van der Waals surface area contributed by atoms with E-state index in [0.29, 0.717) is 4.90 Å². The summed E-state index contributed by atoms with van der Waals surface area (Å²) in [6.45, 7) is 3.36. The molecule has 0 aliphatic carbocycles. The van der Waals surface area contributed by atoms with E-state index in [4.69, 9.17) is 0 Å². The van der Waals surface area contributed by atoms with E-state index in [2.05, 4.69) is 4.98 Å². The number of thioether (sulfide) groups is 1. The standard InChI is InChI=1S/C23H20F5NO2S/c1-12(2)9-16-17(11-32-15-8-7-13-5-3-4-6-14(13)10-15)20(23(26,27)28)29-19(21(24)25)18(16)22(30)31/h3-8,10,12,21H,9,11H2,1-2H3,(H,30,31). The molecule has 9 heteroatoms. The molecule has 1 aromatic heterocycles. The summed E-state index contributed by atoms with van der Waals surface area (Å²) in [5.41, 5.74) is -4.25. The van der Waals surface area contributed by atoms with Crippen molar-refractivity contribution < 1.29 is 31.9 Å². The third-order valence-electron chi connectivity index (χ3n) is 4.85. The molecule has 0 saturated carbocycles. The quantitative estimate of drug-likeness (QED) is 0.290. The van der Waals surface area contributed by atoms with Gasteiger partial charge < -0.3 is 5.11 Å². The lowest BCUT2D eigenvalue weighted by Crippen LogP contribution is -2.21. The number of aromatic nitrogens is 1. The number of carboxylic acid groups (broad SMARTS) is 1. The summed E-state index contributed by atoms with van der Waals surface area (Å²) >= 11 is 1.07. The Labute approximate surface area is 185 Å². The maximum absolute atomic E-state index is 13.8. The fraction of sp³-hybridized carbons (Fsp3) is 0.304. The number of carbonyl (C=O) groups is 1. The van der Waals surface area contributed by atoms with Crippen LogP contribution in [0.2, 0.25) is 0 Å². The Morgan fingerprint density at radius 1 is 1.06 bits per heavy atom. The van der Waals surface area contributed by atoms with Crippen molar-refractivity contribution in [2.24, 2.45) is 5.92 Å². The van der Waals surface area contributed by atoms with Gasteiger partial charge in [-0.05, 0) is 46.4 Å². The highest BCUT2D eigenvalue weighted by molar-refractivity contribution is 7.98. The zero-order chi connectivity index (χ0) is 23.6. The summed E-state index contributed by atoms with van der Waals surface area (Å²) < 4.78 is 68.4. The molecule has 0 aliphatic rings. The molecule has 3 rings (SSSR count). The minimum absolute atomic E-state index is 0.0967. The lowest BCUT2D eigenvalue weighted by molar-refractivity contribution is -0.142. The van der Waals surface area contributed by atoms with Crippen molar-refractivity contribution in [2.45, 2.75) is 43.5 Å². The zero-order valence-electron chi connectivity index (χ0n) is 17.2. The van der Waals surface area contributed by atoms with Gasteiger partial charge in [0.2, 0.25) is 0 Å². The first kappa shape index (κ1) is 24.0. The van der Waals surface area contributed by atoms with Gasteiger partial charge in [-0.3, -0.25) is 0 Å². The number of hydrogen-bond acceptors (Lipinski definition) is 3. The predicted octanol–water partition coefficient (Wildman–Crippen LogP) is 7.38. The fourth-order valence-electron chi connectivity index (χ4n) is 3.52. The van der Waals surface area contributed by atoms with Gasteiger partial charge in [0.1, 0.15) is 11.4 Å². The second kappa shape index (κ2) is 9.44. The largest absolute Gasteiger partial charge is 0.478 e. The summed E-state index contributed by atoms with van der Waals surface area (Å²) in [6, 6.07) is 12.9. The number of aromatic carboxylic acids is 1. The number of nitrogens with zero attached hydrogens (tertiary/aromatic N) is 1. The molecule has 32 heavy (non-hydrogen) atoms. The number of benzene rings is 2. The number of carboxylic acids is 1. The summed E-state index contributed by atoms with van der Waals surface area (Å²) in [6.07, 6.45) is -8.55. The van der Waals surface area contributed by atoms with Crippen molar-refractivity contribution in [1.29, 1.82) is 0 Å². The molecule has 0 radical (unpaired) electrons. The van der Waals surface area contributed by atoms with E-state index in [9.17, 15) is 31.9 Å². The number of hydrogen-bond donors (Lipinski definition) is 1. The Hall–Kier alpha value is -2.68. The number of alkyl halides is 5. The molecule has 170 valence electrons. The first-order chi connectivity index (χ1) is 15.0. The summed E-state index contributed by atoms with van der Waals surface area (Å²) in [5.74, 6) is -2.23. The average molecular weight is 469 g/mol. The minimum atomic E-state index is -5.01. The normalized spacial score (nSPS) is 12.2. The second-order valence-corrected chi connectivity index (χ2v) is 8.73. The van der Waals surface area contributed by atoms with Gasteiger partial charge in [0.15, 0.2) is 0 Å². The minimum Gasteiger partial charge on any atom is -0.478 e. The lowest BCUT2D eigenvalue weighted by Gasteiger charge is -2.22. The molecule has 1 heterocycles. The van der Waals surface area contributed by atoms with E-state index in [-0.39, 0.29) is 29.2 Å². The van der Waals surface area contributed by atoms with Crippen LogP contribution in [0.3, 0.4) is 0 Å². The molecule has 3 aromatic rings. The highest BCUT2D eigenvalue weighted by Crippen LogP contribution is 2.40. The molecule has 0 spiro atoms. The van der Waals surface area contributed by atoms with Crippen LogP contribution in [0.25, 0.3) is 10.8 Å². The van der Waals surface area contributed by atoms with Gasteiger partial charge in [-0.25, -0.2) is 18.6 Å². The number of halogens is 5. The SMILES string of the molecule is CC(C)Cc1c(CSc2ccc3ccccc3c2)c(C(F)(F)F)nc(C(F)F)c1C(=O)O. The Morgan fingerprint density at radius 3 is 2.28 bits per heavy atom. The lowest BCUT2D eigenvalue weighted by atomic mass is 9.91. The molecule has 0 fully saturated rings.